The van der Waals surface area contributed by atoms with Gasteiger partial charge in [0, 0.05) is 26.2 Å². The number of ether oxygens (including phenoxy) is 1. The molecule has 3 rings (SSSR count). The van der Waals surface area contributed by atoms with E-state index < -0.39 is 0 Å². The number of hydrogen-bond donors (Lipinski definition) is 1. The van der Waals surface area contributed by atoms with Gasteiger partial charge in [-0.15, -0.1) is 10.2 Å². The summed E-state index contributed by atoms with van der Waals surface area (Å²) in [7, 11) is 0. The van der Waals surface area contributed by atoms with Crippen LogP contribution in [0.15, 0.2) is 12.1 Å². The van der Waals surface area contributed by atoms with Crippen LogP contribution in [0.2, 0.25) is 0 Å². The minimum absolute atomic E-state index is 0.471. The van der Waals surface area contributed by atoms with Crippen LogP contribution in [0.5, 0.6) is 0 Å². The van der Waals surface area contributed by atoms with E-state index in [4.69, 9.17) is 10.5 Å². The van der Waals surface area contributed by atoms with E-state index in [2.05, 4.69) is 20.0 Å². The van der Waals surface area contributed by atoms with Crippen molar-refractivity contribution in [2.24, 2.45) is 0 Å². The van der Waals surface area contributed by atoms with Gasteiger partial charge in [-0.2, -0.15) is 0 Å². The molecule has 0 bridgehead atoms. The molecule has 0 aliphatic carbocycles. The third-order valence-corrected chi connectivity index (χ3v) is 3.45. The molecule has 6 heteroatoms. The summed E-state index contributed by atoms with van der Waals surface area (Å²) in [5, 5.41) is 8.00. The van der Waals surface area contributed by atoms with Crippen LogP contribution < -0.4 is 10.6 Å². The van der Waals surface area contributed by atoms with Gasteiger partial charge in [0.1, 0.15) is 5.82 Å². The van der Waals surface area contributed by atoms with Gasteiger partial charge in [0.05, 0.1) is 19.3 Å². The summed E-state index contributed by atoms with van der Waals surface area (Å²) in [6.07, 6.45) is 0. The Kier molecular flexibility index (Phi) is 2.82. The van der Waals surface area contributed by atoms with Crippen molar-refractivity contribution in [3.63, 3.8) is 0 Å². The van der Waals surface area contributed by atoms with Crippen molar-refractivity contribution in [1.29, 1.82) is 0 Å². The van der Waals surface area contributed by atoms with Gasteiger partial charge < -0.3 is 15.4 Å². The average molecular weight is 235 g/mol. The predicted molar refractivity (Wildman–Crippen MR) is 64.8 cm³/mol. The molecular formula is C11H17N5O. The molecule has 0 amide bonds. The molecule has 6 nitrogen and oxygen atoms in total. The number of aromatic nitrogens is 2. The lowest BCUT2D eigenvalue weighted by molar-refractivity contribution is -0.0661. The van der Waals surface area contributed by atoms with Crippen LogP contribution in [-0.2, 0) is 4.74 Å². The number of nitrogen functional groups attached to an aromatic ring is 1. The number of anilines is 2. The lowest BCUT2D eigenvalue weighted by Crippen LogP contribution is -2.56. The Bertz CT molecular complexity index is 370. The molecule has 2 saturated heterocycles. The third kappa shape index (κ3) is 2.18. The zero-order valence-corrected chi connectivity index (χ0v) is 9.75. The van der Waals surface area contributed by atoms with Crippen LogP contribution in [0, 0.1) is 0 Å². The Labute approximate surface area is 100 Å². The molecule has 1 aromatic rings. The first-order chi connectivity index (χ1) is 8.33. The number of rotatable bonds is 2. The molecular weight excluding hydrogens is 218 g/mol. The summed E-state index contributed by atoms with van der Waals surface area (Å²) in [5.41, 5.74) is 5.53. The molecule has 0 saturated carbocycles. The smallest absolute Gasteiger partial charge is 0.151 e. The summed E-state index contributed by atoms with van der Waals surface area (Å²) in [6.45, 7) is 5.91. The van der Waals surface area contributed by atoms with Gasteiger partial charge in [-0.1, -0.05) is 0 Å². The lowest BCUT2D eigenvalue weighted by Gasteiger charge is -2.42. The first kappa shape index (κ1) is 10.7. The summed E-state index contributed by atoms with van der Waals surface area (Å²) in [6, 6.07) is 4.37. The highest BCUT2D eigenvalue weighted by Gasteiger charge is 2.29. The second-order valence-corrected chi connectivity index (χ2v) is 4.53. The number of hydrogen-bond acceptors (Lipinski definition) is 6. The van der Waals surface area contributed by atoms with Gasteiger partial charge in [-0.3, -0.25) is 4.90 Å². The second kappa shape index (κ2) is 4.46. The zero-order valence-electron chi connectivity index (χ0n) is 9.75. The van der Waals surface area contributed by atoms with Gasteiger partial charge in [-0.05, 0) is 12.1 Å². The van der Waals surface area contributed by atoms with Crippen molar-refractivity contribution in [3.8, 4) is 0 Å². The molecule has 2 N–H and O–H groups in total. The van der Waals surface area contributed by atoms with Gasteiger partial charge in [0.2, 0.25) is 0 Å². The highest BCUT2D eigenvalue weighted by atomic mass is 16.5. The van der Waals surface area contributed by atoms with Crippen LogP contribution in [0.1, 0.15) is 0 Å². The van der Waals surface area contributed by atoms with Crippen LogP contribution >= 0.6 is 0 Å². The molecule has 2 aliphatic rings. The van der Waals surface area contributed by atoms with E-state index in [1.54, 1.807) is 6.07 Å². The van der Waals surface area contributed by atoms with E-state index in [-0.39, 0.29) is 0 Å². The maximum atomic E-state index is 5.53. The highest BCUT2D eigenvalue weighted by Crippen LogP contribution is 2.17. The van der Waals surface area contributed by atoms with Crippen molar-refractivity contribution in [1.82, 2.24) is 15.1 Å². The maximum Gasteiger partial charge on any atom is 0.151 e. The Morgan fingerprint density at radius 1 is 1.12 bits per heavy atom. The summed E-state index contributed by atoms with van der Waals surface area (Å²) in [4.78, 5) is 4.74. The van der Waals surface area contributed by atoms with Crippen molar-refractivity contribution >= 4 is 11.6 Å². The molecule has 0 atom stereocenters. The average Bonchev–Trinajstić information content (AvgIpc) is 2.29. The summed E-state index contributed by atoms with van der Waals surface area (Å²) >= 11 is 0. The predicted octanol–water partition coefficient (Wildman–Crippen LogP) is -0.420. The fourth-order valence-corrected chi connectivity index (χ4v) is 2.25. The molecule has 2 fully saturated rings. The first-order valence-corrected chi connectivity index (χ1v) is 5.99. The number of piperazine rings is 1. The number of nitrogens with zero attached hydrogens (tertiary/aromatic N) is 4. The molecule has 0 unspecified atom stereocenters. The van der Waals surface area contributed by atoms with E-state index in [1.165, 1.54) is 0 Å². The maximum absolute atomic E-state index is 5.53. The Balaban J connectivity index is 1.58. The molecule has 17 heavy (non-hydrogen) atoms. The fraction of sp³-hybridized carbons (Fsp3) is 0.636. The number of nitrogens with two attached hydrogens (primary N) is 1. The lowest BCUT2D eigenvalue weighted by atomic mass is 10.2. The quantitative estimate of drug-likeness (QED) is 0.751. The SMILES string of the molecule is Nc1ccc(N2CCN(C3COC3)CC2)nn1. The highest BCUT2D eigenvalue weighted by molar-refractivity contribution is 5.41. The van der Waals surface area contributed by atoms with E-state index >= 15 is 0 Å². The van der Waals surface area contributed by atoms with Gasteiger partial charge in [0.25, 0.3) is 0 Å². The van der Waals surface area contributed by atoms with Crippen LogP contribution in [0.25, 0.3) is 0 Å². The van der Waals surface area contributed by atoms with Crippen molar-refractivity contribution in [3.05, 3.63) is 12.1 Å². The Hall–Kier alpha value is -1.40. The van der Waals surface area contributed by atoms with Gasteiger partial charge in [-0.25, -0.2) is 0 Å². The first-order valence-electron chi connectivity index (χ1n) is 5.99. The molecule has 0 spiro atoms. The van der Waals surface area contributed by atoms with Crippen molar-refractivity contribution < 1.29 is 4.74 Å². The third-order valence-electron chi connectivity index (χ3n) is 3.45. The monoisotopic (exact) mass is 235 g/mol. The second-order valence-electron chi connectivity index (χ2n) is 4.53. The Morgan fingerprint density at radius 3 is 2.41 bits per heavy atom. The zero-order chi connectivity index (χ0) is 11.7. The minimum atomic E-state index is 0.471. The van der Waals surface area contributed by atoms with Crippen molar-refractivity contribution in [2.75, 3.05) is 50.0 Å². The molecule has 1 aromatic heterocycles. The van der Waals surface area contributed by atoms with Crippen LogP contribution in [0.4, 0.5) is 11.6 Å². The van der Waals surface area contributed by atoms with E-state index in [0.29, 0.717) is 11.9 Å². The van der Waals surface area contributed by atoms with Crippen LogP contribution in [-0.4, -0.2) is 60.5 Å². The fourth-order valence-electron chi connectivity index (χ4n) is 2.25. The van der Waals surface area contributed by atoms with E-state index in [9.17, 15) is 0 Å². The molecule has 0 radical (unpaired) electrons. The largest absolute Gasteiger partial charge is 0.382 e. The molecule has 3 heterocycles. The van der Waals surface area contributed by atoms with Crippen LogP contribution in [0.3, 0.4) is 0 Å². The summed E-state index contributed by atoms with van der Waals surface area (Å²) < 4.78 is 5.22. The van der Waals surface area contributed by atoms with Gasteiger partial charge >= 0.3 is 0 Å². The minimum Gasteiger partial charge on any atom is -0.382 e. The molecule has 0 aromatic carbocycles. The molecule has 92 valence electrons. The topological polar surface area (TPSA) is 67.5 Å². The van der Waals surface area contributed by atoms with Crippen molar-refractivity contribution in [2.45, 2.75) is 6.04 Å². The van der Waals surface area contributed by atoms with E-state index in [1.807, 2.05) is 6.07 Å². The molecule has 2 aliphatic heterocycles. The summed E-state index contributed by atoms with van der Waals surface area (Å²) in [5.74, 6) is 1.39. The standard InChI is InChI=1S/C11H17N5O/c12-10-1-2-11(14-13-10)16-5-3-15(4-6-16)9-7-17-8-9/h1-2,9H,3-8H2,(H2,12,13). The Morgan fingerprint density at radius 2 is 1.88 bits per heavy atom. The van der Waals surface area contributed by atoms with Gasteiger partial charge in [0.15, 0.2) is 5.82 Å². The normalized spacial score (nSPS) is 22.5. The van der Waals surface area contributed by atoms with E-state index in [0.717, 1.165) is 45.2 Å².